The Bertz CT molecular complexity index is 665. The van der Waals surface area contributed by atoms with E-state index in [0.29, 0.717) is 17.7 Å². The summed E-state index contributed by atoms with van der Waals surface area (Å²) in [6.07, 6.45) is 0.408. The van der Waals surface area contributed by atoms with Gasteiger partial charge in [-0.15, -0.1) is 0 Å². The van der Waals surface area contributed by atoms with E-state index < -0.39 is 5.82 Å². The average molecular weight is 332 g/mol. The van der Waals surface area contributed by atoms with Crippen LogP contribution < -0.4 is 15.4 Å². The Hall–Kier alpha value is -2.60. The van der Waals surface area contributed by atoms with Crippen molar-refractivity contribution in [1.82, 2.24) is 10.6 Å². The summed E-state index contributed by atoms with van der Waals surface area (Å²) in [4.78, 5) is 12.1. The molecule has 0 radical (unpaired) electrons. The Morgan fingerprint density at radius 2 is 2.00 bits per heavy atom. The number of urea groups is 1. The molecular weight excluding hydrogens is 311 g/mol. The van der Waals surface area contributed by atoms with Crippen LogP contribution in [0.4, 0.5) is 9.18 Å². The van der Waals surface area contributed by atoms with Gasteiger partial charge in [-0.05, 0) is 29.7 Å². The molecule has 0 aliphatic heterocycles. The van der Waals surface area contributed by atoms with Gasteiger partial charge in [0, 0.05) is 19.2 Å². The average Bonchev–Trinajstić information content (AvgIpc) is 2.60. The normalized spacial score (nSPS) is 11.6. The fourth-order valence-electron chi connectivity index (χ4n) is 2.37. The number of rotatable bonds is 7. The summed E-state index contributed by atoms with van der Waals surface area (Å²) < 4.78 is 18.4. The van der Waals surface area contributed by atoms with E-state index in [-0.39, 0.29) is 25.2 Å². The predicted molar refractivity (Wildman–Crippen MR) is 89.2 cm³/mol. The molecule has 0 heterocycles. The van der Waals surface area contributed by atoms with Gasteiger partial charge in [-0.2, -0.15) is 0 Å². The minimum absolute atomic E-state index is 0.0407. The highest BCUT2D eigenvalue weighted by molar-refractivity contribution is 5.74. The van der Waals surface area contributed by atoms with Crippen LogP contribution in [0.25, 0.3) is 0 Å². The number of aliphatic hydroxyl groups is 1. The number of benzene rings is 2. The van der Waals surface area contributed by atoms with Gasteiger partial charge in [0.15, 0.2) is 0 Å². The highest BCUT2D eigenvalue weighted by atomic mass is 19.1. The van der Waals surface area contributed by atoms with E-state index in [1.54, 1.807) is 6.07 Å². The zero-order valence-corrected chi connectivity index (χ0v) is 13.5. The number of hydrogen-bond donors (Lipinski definition) is 3. The second-order valence-electron chi connectivity index (χ2n) is 5.30. The topological polar surface area (TPSA) is 70.6 Å². The summed E-state index contributed by atoms with van der Waals surface area (Å²) in [5.74, 6) is -0.0244. The van der Waals surface area contributed by atoms with Crippen molar-refractivity contribution >= 4 is 6.03 Å². The van der Waals surface area contributed by atoms with Gasteiger partial charge in [-0.1, -0.05) is 30.3 Å². The van der Waals surface area contributed by atoms with Gasteiger partial charge in [-0.25, -0.2) is 9.18 Å². The predicted octanol–water partition coefficient (Wildman–Crippen LogP) is 2.76. The lowest BCUT2D eigenvalue weighted by Gasteiger charge is -2.19. The smallest absolute Gasteiger partial charge is 0.315 e. The molecule has 6 heteroatoms. The van der Waals surface area contributed by atoms with Crippen molar-refractivity contribution in [3.63, 3.8) is 0 Å². The van der Waals surface area contributed by atoms with Gasteiger partial charge in [0.1, 0.15) is 11.6 Å². The molecule has 0 bridgehead atoms. The number of halogens is 1. The molecule has 24 heavy (non-hydrogen) atoms. The number of hydrogen-bond acceptors (Lipinski definition) is 3. The molecule has 2 amide bonds. The van der Waals surface area contributed by atoms with Crippen molar-refractivity contribution in [3.05, 3.63) is 65.5 Å². The van der Waals surface area contributed by atoms with E-state index in [9.17, 15) is 14.3 Å². The second-order valence-corrected chi connectivity index (χ2v) is 5.30. The highest BCUT2D eigenvalue weighted by Crippen LogP contribution is 2.17. The third-order valence-electron chi connectivity index (χ3n) is 3.54. The van der Waals surface area contributed by atoms with E-state index in [1.165, 1.54) is 19.2 Å². The molecular formula is C18H21FN2O3. The number of nitrogens with one attached hydrogen (secondary N) is 2. The minimum Gasteiger partial charge on any atom is -0.497 e. The van der Waals surface area contributed by atoms with Crippen LogP contribution in [-0.4, -0.2) is 24.9 Å². The quantitative estimate of drug-likeness (QED) is 0.730. The lowest BCUT2D eigenvalue weighted by Crippen LogP contribution is -2.38. The van der Waals surface area contributed by atoms with Gasteiger partial charge >= 0.3 is 6.03 Å². The molecule has 2 aromatic carbocycles. The summed E-state index contributed by atoms with van der Waals surface area (Å²) >= 11 is 0. The molecule has 0 aromatic heterocycles. The van der Waals surface area contributed by atoms with E-state index in [2.05, 4.69) is 10.6 Å². The van der Waals surface area contributed by atoms with Crippen molar-refractivity contribution in [2.24, 2.45) is 0 Å². The van der Waals surface area contributed by atoms with Crippen LogP contribution in [0.1, 0.15) is 23.6 Å². The molecule has 2 aromatic rings. The Morgan fingerprint density at radius 3 is 2.67 bits per heavy atom. The first-order valence-electron chi connectivity index (χ1n) is 7.66. The SMILES string of the molecule is COc1cc(F)cc(CNC(=O)N[C@H](CCO)c2ccccc2)c1. The molecule has 0 aliphatic rings. The summed E-state index contributed by atoms with van der Waals surface area (Å²) in [5, 5.41) is 14.7. The lowest BCUT2D eigenvalue weighted by atomic mass is 10.0. The van der Waals surface area contributed by atoms with Crippen LogP contribution in [-0.2, 0) is 6.54 Å². The molecule has 3 N–H and O–H groups in total. The molecule has 0 saturated heterocycles. The third kappa shape index (κ3) is 5.24. The number of amides is 2. The molecule has 2 rings (SSSR count). The number of methoxy groups -OCH3 is 1. The highest BCUT2D eigenvalue weighted by Gasteiger charge is 2.13. The van der Waals surface area contributed by atoms with Crippen LogP contribution in [0.2, 0.25) is 0 Å². The van der Waals surface area contributed by atoms with Gasteiger partial charge in [0.2, 0.25) is 0 Å². The Balaban J connectivity index is 1.95. The molecule has 0 aliphatic carbocycles. The first-order valence-corrected chi connectivity index (χ1v) is 7.66. The summed E-state index contributed by atoms with van der Waals surface area (Å²) in [6, 6.07) is 13.0. The van der Waals surface area contributed by atoms with Crippen LogP contribution >= 0.6 is 0 Å². The van der Waals surface area contributed by atoms with Crippen molar-refractivity contribution in [2.45, 2.75) is 19.0 Å². The summed E-state index contributed by atoms with van der Waals surface area (Å²) in [6.45, 7) is 0.127. The van der Waals surface area contributed by atoms with Crippen LogP contribution in [0.3, 0.4) is 0 Å². The van der Waals surface area contributed by atoms with E-state index in [1.807, 2.05) is 30.3 Å². The molecule has 128 valence electrons. The lowest BCUT2D eigenvalue weighted by molar-refractivity contribution is 0.229. The molecule has 0 unspecified atom stereocenters. The molecule has 1 atom stereocenters. The van der Waals surface area contributed by atoms with E-state index in [4.69, 9.17) is 4.74 Å². The maximum absolute atomic E-state index is 13.4. The van der Waals surface area contributed by atoms with Crippen molar-refractivity contribution in [2.75, 3.05) is 13.7 Å². The van der Waals surface area contributed by atoms with Crippen LogP contribution in [0.15, 0.2) is 48.5 Å². The second kappa shape index (κ2) is 8.88. The van der Waals surface area contributed by atoms with Gasteiger partial charge < -0.3 is 20.5 Å². The monoisotopic (exact) mass is 332 g/mol. The third-order valence-corrected chi connectivity index (χ3v) is 3.54. The van der Waals surface area contributed by atoms with Crippen molar-refractivity contribution in [1.29, 1.82) is 0 Å². The van der Waals surface area contributed by atoms with E-state index in [0.717, 1.165) is 5.56 Å². The number of aliphatic hydroxyl groups excluding tert-OH is 1. The minimum atomic E-state index is -0.422. The Kier molecular flexibility index (Phi) is 6.57. The fourth-order valence-corrected chi connectivity index (χ4v) is 2.37. The largest absolute Gasteiger partial charge is 0.497 e. The fraction of sp³-hybridized carbons (Fsp3) is 0.278. The maximum atomic E-state index is 13.4. The number of carbonyl (C=O) groups is 1. The Morgan fingerprint density at radius 1 is 1.25 bits per heavy atom. The Labute approximate surface area is 140 Å². The van der Waals surface area contributed by atoms with E-state index >= 15 is 0 Å². The molecule has 0 saturated carbocycles. The summed E-state index contributed by atoms with van der Waals surface area (Å²) in [5.41, 5.74) is 1.51. The van der Waals surface area contributed by atoms with Gasteiger partial charge in [0.25, 0.3) is 0 Å². The zero-order valence-electron chi connectivity index (χ0n) is 13.5. The van der Waals surface area contributed by atoms with Crippen LogP contribution in [0.5, 0.6) is 5.75 Å². The molecule has 0 fully saturated rings. The number of ether oxygens (including phenoxy) is 1. The first kappa shape index (κ1) is 17.7. The van der Waals surface area contributed by atoms with Crippen molar-refractivity contribution < 1.29 is 19.0 Å². The maximum Gasteiger partial charge on any atom is 0.315 e. The van der Waals surface area contributed by atoms with Gasteiger partial charge in [-0.3, -0.25) is 0 Å². The van der Waals surface area contributed by atoms with Gasteiger partial charge in [0.05, 0.1) is 13.2 Å². The van der Waals surface area contributed by atoms with Crippen molar-refractivity contribution in [3.8, 4) is 5.75 Å². The standard InChI is InChI=1S/C18H21FN2O3/c1-24-16-10-13(9-15(19)11-16)12-20-18(23)21-17(7-8-22)14-5-3-2-4-6-14/h2-6,9-11,17,22H,7-8,12H2,1H3,(H2,20,21,23)/t17-/m1/s1. The molecule has 5 nitrogen and oxygen atoms in total. The zero-order chi connectivity index (χ0) is 17.4. The number of carbonyl (C=O) groups excluding carboxylic acids is 1. The molecule has 0 spiro atoms. The summed E-state index contributed by atoms with van der Waals surface area (Å²) in [7, 11) is 1.46. The van der Waals surface area contributed by atoms with Crippen LogP contribution in [0, 0.1) is 5.82 Å². The first-order chi connectivity index (χ1) is 11.6.